The number of aromatic nitrogens is 4. The number of H-pyrrole nitrogens is 1. The van der Waals surface area contributed by atoms with Gasteiger partial charge >= 0.3 is 12.7 Å². The van der Waals surface area contributed by atoms with Crippen molar-refractivity contribution in [3.8, 4) is 0 Å². The van der Waals surface area contributed by atoms with Gasteiger partial charge in [-0.3, -0.25) is 18.7 Å². The quantitative estimate of drug-likeness (QED) is 0.257. The van der Waals surface area contributed by atoms with Crippen LogP contribution in [-0.2, 0) is 23.4 Å². The summed E-state index contributed by atoms with van der Waals surface area (Å²) in [5.74, 6) is 0.194. The second-order valence-corrected chi connectivity index (χ2v) is 12.6. The molecule has 0 unspecified atom stereocenters. The lowest BCUT2D eigenvalue weighted by molar-refractivity contribution is -0.144. The van der Waals surface area contributed by atoms with Crippen LogP contribution in [0.4, 0.5) is 0 Å². The first-order chi connectivity index (χ1) is 15.9. The van der Waals surface area contributed by atoms with Gasteiger partial charge in [-0.1, -0.05) is 18.3 Å². The van der Waals surface area contributed by atoms with Crippen molar-refractivity contribution < 1.29 is 33.6 Å². The fourth-order valence-electron chi connectivity index (χ4n) is 3.60. The Balaban J connectivity index is 1.79. The number of hydrogen-bond acceptors (Lipinski definition) is 11. The fraction of sp³-hybridized carbons (Fsp3) is 0.684. The number of imidazole rings is 1. The number of carbonyl (C=O) groups is 1. The molecule has 0 aromatic carbocycles. The molecule has 0 aliphatic carbocycles. The molecular weight excluding hydrogens is 489 g/mol. The van der Waals surface area contributed by atoms with Crippen molar-refractivity contribution in [1.82, 2.24) is 24.6 Å². The SMILES string of the molecule is CCOC(=O)[C@@H](C)N[P@@](=O)(OC[C@H]1O[C@@H](n2cnc3c(=O)[nH]c(C)nc32)[C@](C)(O)[C@@H]1O)SCC. The van der Waals surface area contributed by atoms with Gasteiger partial charge in [0.1, 0.15) is 29.7 Å². The van der Waals surface area contributed by atoms with Gasteiger partial charge in [0.15, 0.2) is 17.4 Å². The summed E-state index contributed by atoms with van der Waals surface area (Å²) in [6, 6.07) is -0.889. The van der Waals surface area contributed by atoms with Gasteiger partial charge in [-0.2, -0.15) is 0 Å². The molecule has 2 aromatic heterocycles. The van der Waals surface area contributed by atoms with E-state index >= 15 is 0 Å². The van der Waals surface area contributed by atoms with Crippen LogP contribution in [0.1, 0.15) is 39.7 Å². The lowest BCUT2D eigenvalue weighted by Crippen LogP contribution is -2.44. The Hall–Kier alpha value is -1.80. The zero-order valence-electron chi connectivity index (χ0n) is 19.5. The van der Waals surface area contributed by atoms with Gasteiger partial charge in [-0.05, 0) is 27.7 Å². The van der Waals surface area contributed by atoms with E-state index in [1.165, 1.54) is 24.7 Å². The second-order valence-electron chi connectivity index (χ2n) is 7.99. The Morgan fingerprint density at radius 3 is 2.85 bits per heavy atom. The van der Waals surface area contributed by atoms with Crippen molar-refractivity contribution in [2.24, 2.45) is 0 Å². The third-order valence-electron chi connectivity index (χ3n) is 5.26. The van der Waals surface area contributed by atoms with E-state index in [9.17, 15) is 24.4 Å². The van der Waals surface area contributed by atoms with Crippen molar-refractivity contribution in [1.29, 1.82) is 0 Å². The lowest BCUT2D eigenvalue weighted by Gasteiger charge is -2.27. The molecule has 1 aliphatic heterocycles. The van der Waals surface area contributed by atoms with Crippen LogP contribution < -0.4 is 10.6 Å². The standard InChI is InChI=1S/C19H30N5O8PS/c1-6-30-17(27)10(3)23-33(29,34-7-2)31-8-12-14(25)19(5,28)18(32-12)24-9-20-13-15(24)21-11(4)22-16(13)26/h9-10,12,14,18,25,28H,6-8H2,1-5H3,(H,23,29)(H,21,22,26)/t10-,12-,14-,18-,19-,33-/m1/s1. The smallest absolute Gasteiger partial charge is 0.327 e. The van der Waals surface area contributed by atoms with Gasteiger partial charge < -0.3 is 29.2 Å². The number of aryl methyl sites for hydroxylation is 1. The first kappa shape index (κ1) is 26.8. The summed E-state index contributed by atoms with van der Waals surface area (Å²) in [5.41, 5.74) is -2.02. The first-order valence-electron chi connectivity index (χ1n) is 10.8. The molecule has 3 heterocycles. The van der Waals surface area contributed by atoms with E-state index in [4.69, 9.17) is 14.0 Å². The molecule has 0 amide bonds. The highest BCUT2D eigenvalue weighted by atomic mass is 32.7. The van der Waals surface area contributed by atoms with Gasteiger partial charge in [0.05, 0.1) is 19.5 Å². The Morgan fingerprint density at radius 2 is 2.21 bits per heavy atom. The van der Waals surface area contributed by atoms with Crippen LogP contribution >= 0.6 is 18.1 Å². The number of hydrogen-bond donors (Lipinski definition) is 4. The summed E-state index contributed by atoms with van der Waals surface area (Å²) in [4.78, 5) is 35.0. The van der Waals surface area contributed by atoms with E-state index in [2.05, 4.69) is 20.0 Å². The molecule has 0 spiro atoms. The number of rotatable bonds is 10. The Morgan fingerprint density at radius 1 is 1.50 bits per heavy atom. The van der Waals surface area contributed by atoms with Gasteiger partial charge in [0, 0.05) is 5.75 Å². The number of aliphatic hydroxyl groups is 2. The third-order valence-corrected chi connectivity index (χ3v) is 9.48. The topological polar surface area (TPSA) is 178 Å². The maximum Gasteiger partial charge on any atom is 0.327 e. The number of nitrogens with one attached hydrogen (secondary N) is 2. The number of esters is 1. The van der Waals surface area contributed by atoms with Gasteiger partial charge in [0.2, 0.25) is 0 Å². The van der Waals surface area contributed by atoms with Crippen LogP contribution in [0, 0.1) is 6.92 Å². The number of aliphatic hydroxyl groups excluding tert-OH is 1. The molecule has 0 radical (unpaired) electrons. The monoisotopic (exact) mass is 519 g/mol. The van der Waals surface area contributed by atoms with Crippen molar-refractivity contribution in [3.63, 3.8) is 0 Å². The van der Waals surface area contributed by atoms with Crippen molar-refractivity contribution >= 4 is 35.2 Å². The molecule has 4 N–H and O–H groups in total. The number of fused-ring (bicyclic) bond motifs is 1. The molecule has 0 bridgehead atoms. The number of ether oxygens (including phenoxy) is 2. The average Bonchev–Trinajstić information content (AvgIpc) is 3.26. The minimum Gasteiger partial charge on any atom is -0.465 e. The summed E-state index contributed by atoms with van der Waals surface area (Å²) < 4.78 is 31.1. The van der Waals surface area contributed by atoms with Crippen LogP contribution in [0.25, 0.3) is 11.2 Å². The highest BCUT2D eigenvalue weighted by Crippen LogP contribution is 2.56. The molecule has 1 aliphatic rings. The maximum absolute atomic E-state index is 13.3. The van der Waals surface area contributed by atoms with Crippen molar-refractivity contribution in [3.05, 3.63) is 22.5 Å². The average molecular weight is 520 g/mol. The molecule has 3 rings (SSSR count). The van der Waals surface area contributed by atoms with E-state index in [0.29, 0.717) is 11.6 Å². The molecule has 2 aromatic rings. The predicted molar refractivity (Wildman–Crippen MR) is 124 cm³/mol. The van der Waals surface area contributed by atoms with Crippen LogP contribution in [0.15, 0.2) is 11.1 Å². The van der Waals surface area contributed by atoms with E-state index in [1.54, 1.807) is 20.8 Å². The molecule has 190 valence electrons. The van der Waals surface area contributed by atoms with Crippen LogP contribution in [-0.4, -0.2) is 78.5 Å². The van der Waals surface area contributed by atoms with Crippen LogP contribution in [0.2, 0.25) is 0 Å². The third kappa shape index (κ3) is 5.38. The van der Waals surface area contributed by atoms with Gasteiger partial charge in [-0.25, -0.2) is 15.1 Å². The Bertz CT molecular complexity index is 1140. The molecule has 0 saturated carbocycles. The molecule has 34 heavy (non-hydrogen) atoms. The maximum atomic E-state index is 13.3. The summed E-state index contributed by atoms with van der Waals surface area (Å²) in [7, 11) is 0. The fourth-order valence-corrected chi connectivity index (χ4v) is 7.21. The summed E-state index contributed by atoms with van der Waals surface area (Å²) in [5, 5.41) is 24.5. The zero-order valence-corrected chi connectivity index (χ0v) is 21.3. The molecule has 1 saturated heterocycles. The summed E-state index contributed by atoms with van der Waals surface area (Å²) in [6.45, 7) is 4.17. The number of nitrogens with zero attached hydrogens (tertiary/aromatic N) is 3. The van der Waals surface area contributed by atoms with E-state index < -0.39 is 48.3 Å². The van der Waals surface area contributed by atoms with Crippen LogP contribution in [0.5, 0.6) is 0 Å². The van der Waals surface area contributed by atoms with Crippen molar-refractivity contribution in [2.75, 3.05) is 19.0 Å². The van der Waals surface area contributed by atoms with E-state index in [0.717, 1.165) is 11.4 Å². The molecule has 15 heteroatoms. The highest BCUT2D eigenvalue weighted by Gasteiger charge is 2.54. The molecule has 1 fully saturated rings. The minimum absolute atomic E-state index is 0.0557. The predicted octanol–water partition coefficient (Wildman–Crippen LogP) is 0.856. The zero-order chi connectivity index (χ0) is 25.3. The highest BCUT2D eigenvalue weighted by molar-refractivity contribution is 8.56. The summed E-state index contributed by atoms with van der Waals surface area (Å²) in [6.07, 6.45) is -2.37. The second kappa shape index (κ2) is 10.4. The minimum atomic E-state index is -3.59. The largest absolute Gasteiger partial charge is 0.465 e. The summed E-state index contributed by atoms with van der Waals surface area (Å²) >= 11 is 0.982. The lowest BCUT2D eigenvalue weighted by atomic mass is 9.96. The van der Waals surface area contributed by atoms with Crippen molar-refractivity contribution in [2.45, 2.75) is 64.7 Å². The molecule has 13 nitrogen and oxygen atoms in total. The first-order valence-corrected chi connectivity index (χ1v) is 14.0. The van der Waals surface area contributed by atoms with E-state index in [1.807, 2.05) is 0 Å². The van der Waals surface area contributed by atoms with Crippen LogP contribution in [0.3, 0.4) is 0 Å². The molecule has 6 atom stereocenters. The Kier molecular flexibility index (Phi) is 8.23. The van der Waals surface area contributed by atoms with Gasteiger partial charge in [-0.15, -0.1) is 0 Å². The number of aromatic amines is 1. The molecular formula is C19H30N5O8PS. The van der Waals surface area contributed by atoms with E-state index in [-0.39, 0.29) is 24.4 Å². The normalized spacial score (nSPS) is 27.6. The Labute approximate surface area is 199 Å². The van der Waals surface area contributed by atoms with Gasteiger partial charge in [0.25, 0.3) is 5.56 Å². The number of carbonyl (C=O) groups excluding carboxylic acids is 1.